The Morgan fingerprint density at radius 1 is 1.14 bits per heavy atom. The molecule has 0 atom stereocenters. The van der Waals surface area contributed by atoms with Crippen molar-refractivity contribution < 1.29 is 18.5 Å². The molecule has 0 aliphatic heterocycles. The summed E-state index contributed by atoms with van der Waals surface area (Å²) < 4.78 is 19.0. The van der Waals surface area contributed by atoms with Crippen LogP contribution in [0.15, 0.2) is 47.0 Å². The molecular formula is C19H16ClFN4O3. The van der Waals surface area contributed by atoms with E-state index in [2.05, 4.69) is 20.8 Å². The number of carbonyl (C=O) groups is 2. The van der Waals surface area contributed by atoms with Crippen molar-refractivity contribution in [3.05, 3.63) is 59.2 Å². The van der Waals surface area contributed by atoms with Gasteiger partial charge in [-0.2, -0.15) is 4.98 Å². The Labute approximate surface area is 164 Å². The zero-order chi connectivity index (χ0) is 20.1. The van der Waals surface area contributed by atoms with Gasteiger partial charge < -0.3 is 15.2 Å². The van der Waals surface area contributed by atoms with Gasteiger partial charge in [0.05, 0.1) is 5.69 Å². The van der Waals surface area contributed by atoms with Gasteiger partial charge >= 0.3 is 0 Å². The van der Waals surface area contributed by atoms with Crippen LogP contribution in [0.2, 0.25) is 5.02 Å². The number of halogens is 2. The second kappa shape index (κ2) is 8.62. The molecule has 3 aromatic rings. The Morgan fingerprint density at radius 3 is 2.61 bits per heavy atom. The maximum absolute atomic E-state index is 13.9. The molecule has 2 N–H and O–H groups in total. The molecule has 1 heterocycles. The number of aryl methyl sites for hydroxylation is 1. The minimum absolute atomic E-state index is 0.0199. The van der Waals surface area contributed by atoms with Gasteiger partial charge in [-0.05, 0) is 42.5 Å². The van der Waals surface area contributed by atoms with E-state index >= 15 is 0 Å². The van der Waals surface area contributed by atoms with E-state index < -0.39 is 11.7 Å². The van der Waals surface area contributed by atoms with Crippen LogP contribution in [-0.2, 0) is 16.0 Å². The van der Waals surface area contributed by atoms with Crippen LogP contribution in [0.1, 0.15) is 19.2 Å². The van der Waals surface area contributed by atoms with E-state index in [1.54, 1.807) is 24.3 Å². The molecule has 3 rings (SSSR count). The maximum atomic E-state index is 13.9. The fourth-order valence-corrected chi connectivity index (χ4v) is 2.53. The van der Waals surface area contributed by atoms with E-state index in [9.17, 15) is 14.0 Å². The molecule has 2 amide bonds. The summed E-state index contributed by atoms with van der Waals surface area (Å²) in [5.74, 6) is -0.652. The summed E-state index contributed by atoms with van der Waals surface area (Å²) in [6.45, 7) is 1.34. The smallest absolute Gasteiger partial charge is 0.227 e. The number of hydrogen-bond acceptors (Lipinski definition) is 5. The van der Waals surface area contributed by atoms with Gasteiger partial charge in [0.2, 0.25) is 23.5 Å². The van der Waals surface area contributed by atoms with Gasteiger partial charge in [-0.25, -0.2) is 4.39 Å². The number of nitrogens with one attached hydrogen (secondary N) is 2. The summed E-state index contributed by atoms with van der Waals surface area (Å²) >= 11 is 5.84. The van der Waals surface area contributed by atoms with Gasteiger partial charge in [-0.1, -0.05) is 16.8 Å². The molecule has 0 spiro atoms. The van der Waals surface area contributed by atoms with Gasteiger partial charge in [0.25, 0.3) is 0 Å². The number of anilines is 2. The van der Waals surface area contributed by atoms with Crippen molar-refractivity contribution in [1.82, 2.24) is 10.1 Å². The second-order valence-electron chi connectivity index (χ2n) is 5.94. The largest absolute Gasteiger partial charge is 0.339 e. The standard InChI is InChI=1S/C19H16ClFN4O3/c1-11(26)22-14-6-7-15(21)16(10-14)23-17(27)8-9-18-24-19(25-28-18)12-2-4-13(20)5-3-12/h2-7,10H,8-9H2,1H3,(H,22,26)(H,23,27). The van der Waals surface area contributed by atoms with Crippen molar-refractivity contribution in [2.45, 2.75) is 19.8 Å². The van der Waals surface area contributed by atoms with Crippen molar-refractivity contribution in [2.75, 3.05) is 10.6 Å². The summed E-state index contributed by atoms with van der Waals surface area (Å²) in [5, 5.41) is 9.46. The average Bonchev–Trinajstić information content (AvgIpc) is 3.12. The second-order valence-corrected chi connectivity index (χ2v) is 6.38. The Bertz CT molecular complexity index is 1000. The number of hydrogen-bond donors (Lipinski definition) is 2. The summed E-state index contributed by atoms with van der Waals surface area (Å²) in [5.41, 5.74) is 1.10. The summed E-state index contributed by atoms with van der Waals surface area (Å²) in [7, 11) is 0. The average molecular weight is 403 g/mol. The summed E-state index contributed by atoms with van der Waals surface area (Å²) in [4.78, 5) is 27.4. The van der Waals surface area contributed by atoms with E-state index in [1.165, 1.54) is 19.1 Å². The third-order valence-corrected chi connectivity index (χ3v) is 3.95. The maximum Gasteiger partial charge on any atom is 0.227 e. The van der Waals surface area contributed by atoms with Crippen LogP contribution < -0.4 is 10.6 Å². The molecule has 2 aromatic carbocycles. The molecule has 1 aromatic heterocycles. The molecule has 28 heavy (non-hydrogen) atoms. The minimum Gasteiger partial charge on any atom is -0.339 e. The molecule has 0 saturated heterocycles. The fraction of sp³-hybridized carbons (Fsp3) is 0.158. The molecular weight excluding hydrogens is 387 g/mol. The highest BCUT2D eigenvalue weighted by atomic mass is 35.5. The number of aromatic nitrogens is 2. The lowest BCUT2D eigenvalue weighted by molar-refractivity contribution is -0.116. The van der Waals surface area contributed by atoms with Crippen LogP contribution in [0.4, 0.5) is 15.8 Å². The van der Waals surface area contributed by atoms with E-state index in [4.69, 9.17) is 16.1 Å². The van der Waals surface area contributed by atoms with Gasteiger partial charge in [0, 0.05) is 36.0 Å². The molecule has 9 heteroatoms. The van der Waals surface area contributed by atoms with Crippen LogP contribution in [0.25, 0.3) is 11.4 Å². The van der Waals surface area contributed by atoms with Crippen LogP contribution in [0.3, 0.4) is 0 Å². The molecule has 0 aliphatic rings. The van der Waals surface area contributed by atoms with Crippen molar-refractivity contribution in [1.29, 1.82) is 0 Å². The van der Waals surface area contributed by atoms with Crippen molar-refractivity contribution in [2.24, 2.45) is 0 Å². The topological polar surface area (TPSA) is 97.1 Å². The van der Waals surface area contributed by atoms with Crippen molar-refractivity contribution in [3.63, 3.8) is 0 Å². The highest BCUT2D eigenvalue weighted by molar-refractivity contribution is 6.30. The molecule has 0 unspecified atom stereocenters. The van der Waals surface area contributed by atoms with Crippen molar-refractivity contribution in [3.8, 4) is 11.4 Å². The van der Waals surface area contributed by atoms with Crippen LogP contribution >= 0.6 is 11.6 Å². The first-order chi connectivity index (χ1) is 13.4. The first-order valence-electron chi connectivity index (χ1n) is 8.36. The van der Waals surface area contributed by atoms with Crippen LogP contribution in [0.5, 0.6) is 0 Å². The van der Waals surface area contributed by atoms with Crippen LogP contribution in [0, 0.1) is 5.82 Å². The lowest BCUT2D eigenvalue weighted by Crippen LogP contribution is -2.14. The zero-order valence-electron chi connectivity index (χ0n) is 14.8. The molecule has 0 radical (unpaired) electrons. The lowest BCUT2D eigenvalue weighted by atomic mass is 10.2. The number of carbonyl (C=O) groups excluding carboxylic acids is 2. The van der Waals surface area contributed by atoms with Gasteiger partial charge in [0.1, 0.15) is 5.82 Å². The molecule has 0 aliphatic carbocycles. The normalized spacial score (nSPS) is 10.5. The Hall–Kier alpha value is -3.26. The van der Waals surface area contributed by atoms with Gasteiger partial charge in [-0.15, -0.1) is 0 Å². The third-order valence-electron chi connectivity index (χ3n) is 3.70. The van der Waals surface area contributed by atoms with Gasteiger partial charge in [-0.3, -0.25) is 9.59 Å². The molecule has 0 bridgehead atoms. The fourth-order valence-electron chi connectivity index (χ4n) is 2.41. The predicted molar refractivity (Wildman–Crippen MR) is 102 cm³/mol. The molecule has 144 valence electrons. The van der Waals surface area contributed by atoms with Crippen LogP contribution in [-0.4, -0.2) is 22.0 Å². The van der Waals surface area contributed by atoms with E-state index in [0.717, 1.165) is 11.6 Å². The number of rotatable bonds is 6. The zero-order valence-corrected chi connectivity index (χ0v) is 15.6. The highest BCUT2D eigenvalue weighted by Crippen LogP contribution is 2.21. The predicted octanol–water partition coefficient (Wildman–Crippen LogP) is 4.06. The van der Waals surface area contributed by atoms with E-state index in [0.29, 0.717) is 16.5 Å². The number of amides is 2. The first-order valence-corrected chi connectivity index (χ1v) is 8.74. The Morgan fingerprint density at radius 2 is 1.89 bits per heavy atom. The Kier molecular flexibility index (Phi) is 6.00. The SMILES string of the molecule is CC(=O)Nc1ccc(F)c(NC(=O)CCc2nc(-c3ccc(Cl)cc3)no2)c1. The molecule has 0 saturated carbocycles. The highest BCUT2D eigenvalue weighted by Gasteiger charge is 2.13. The molecule has 7 nitrogen and oxygen atoms in total. The quantitative estimate of drug-likeness (QED) is 0.648. The Balaban J connectivity index is 1.59. The third kappa shape index (κ3) is 5.14. The summed E-state index contributed by atoms with van der Waals surface area (Å²) in [6, 6.07) is 10.9. The number of benzene rings is 2. The van der Waals surface area contributed by atoms with E-state index in [-0.39, 0.29) is 30.3 Å². The first kappa shape index (κ1) is 19.5. The summed E-state index contributed by atoms with van der Waals surface area (Å²) in [6.07, 6.45) is 0.214. The van der Waals surface area contributed by atoms with Gasteiger partial charge in [0.15, 0.2) is 0 Å². The van der Waals surface area contributed by atoms with Crippen molar-refractivity contribution >= 4 is 34.8 Å². The minimum atomic E-state index is -0.606. The lowest BCUT2D eigenvalue weighted by Gasteiger charge is -2.08. The van der Waals surface area contributed by atoms with E-state index in [1.807, 2.05) is 0 Å². The monoisotopic (exact) mass is 402 g/mol. The number of nitrogens with zero attached hydrogens (tertiary/aromatic N) is 2. The molecule has 0 fully saturated rings.